The van der Waals surface area contributed by atoms with Gasteiger partial charge in [0.15, 0.2) is 5.78 Å². The van der Waals surface area contributed by atoms with Gasteiger partial charge in [-0.15, -0.1) is 0 Å². The molecule has 0 atom stereocenters. The van der Waals surface area contributed by atoms with Gasteiger partial charge in [-0.3, -0.25) is 4.79 Å². The maximum Gasteiger partial charge on any atom is 0.239 e. The fourth-order valence-electron chi connectivity index (χ4n) is 1.33. The monoisotopic (exact) mass is 293 g/mol. The van der Waals surface area contributed by atoms with E-state index in [1.165, 1.54) is 0 Å². The summed E-state index contributed by atoms with van der Waals surface area (Å²) < 4.78 is 36.2. The number of carbonyl (C=O) groups is 1. The predicted molar refractivity (Wildman–Crippen MR) is 66.6 cm³/mol. The molecular formula is C11H13ClFNO3S. The van der Waals surface area contributed by atoms with Crippen LogP contribution in [0.4, 0.5) is 4.39 Å². The lowest BCUT2D eigenvalue weighted by atomic mass is 9.86. The van der Waals surface area contributed by atoms with Gasteiger partial charge in [-0.2, -0.15) is 0 Å². The number of ketones is 1. The van der Waals surface area contributed by atoms with Gasteiger partial charge in [-0.25, -0.2) is 17.9 Å². The molecule has 0 amide bonds. The Hall–Kier alpha value is -0.980. The van der Waals surface area contributed by atoms with Crippen LogP contribution in [0.2, 0.25) is 5.02 Å². The minimum atomic E-state index is -4.10. The molecule has 18 heavy (non-hydrogen) atoms. The second kappa shape index (κ2) is 4.60. The number of halogens is 2. The molecule has 4 nitrogen and oxygen atoms in total. The van der Waals surface area contributed by atoms with Crippen molar-refractivity contribution in [2.75, 3.05) is 0 Å². The Balaban J connectivity index is 3.54. The first-order valence-electron chi connectivity index (χ1n) is 5.01. The van der Waals surface area contributed by atoms with E-state index in [-0.39, 0.29) is 10.6 Å². The normalized spacial score (nSPS) is 12.6. The SMILES string of the molecule is CC(C)(C)C(=O)c1cc(S(N)(=O)=O)c(Cl)cc1F. The summed E-state index contributed by atoms with van der Waals surface area (Å²) in [6.45, 7) is 4.79. The zero-order valence-electron chi connectivity index (χ0n) is 10.1. The molecule has 1 aromatic carbocycles. The number of sulfonamides is 1. The van der Waals surface area contributed by atoms with Gasteiger partial charge in [0.1, 0.15) is 10.7 Å². The Kier molecular flexibility index (Phi) is 3.86. The number of hydrogen-bond donors (Lipinski definition) is 1. The molecule has 0 radical (unpaired) electrons. The van der Waals surface area contributed by atoms with E-state index in [1.54, 1.807) is 20.8 Å². The van der Waals surface area contributed by atoms with E-state index in [9.17, 15) is 17.6 Å². The summed E-state index contributed by atoms with van der Waals surface area (Å²) in [4.78, 5) is 11.5. The van der Waals surface area contributed by atoms with E-state index in [1.807, 2.05) is 0 Å². The first-order chi connectivity index (χ1) is 7.94. The van der Waals surface area contributed by atoms with Crippen LogP contribution >= 0.6 is 11.6 Å². The lowest BCUT2D eigenvalue weighted by Gasteiger charge is -2.17. The van der Waals surface area contributed by atoms with Crippen LogP contribution in [0.25, 0.3) is 0 Å². The number of rotatable bonds is 2. The highest BCUT2D eigenvalue weighted by Gasteiger charge is 2.28. The third-order valence-electron chi connectivity index (χ3n) is 2.25. The summed E-state index contributed by atoms with van der Waals surface area (Å²) in [6, 6.07) is 1.65. The Bertz CT molecular complexity index is 605. The molecule has 0 aliphatic heterocycles. The molecule has 0 bridgehead atoms. The molecule has 0 spiro atoms. The van der Waals surface area contributed by atoms with E-state index in [0.29, 0.717) is 0 Å². The summed E-state index contributed by atoms with van der Waals surface area (Å²) >= 11 is 5.59. The van der Waals surface area contributed by atoms with Crippen LogP contribution in [-0.4, -0.2) is 14.2 Å². The van der Waals surface area contributed by atoms with Crippen LogP contribution in [0, 0.1) is 11.2 Å². The highest BCUT2D eigenvalue weighted by molar-refractivity contribution is 7.89. The third kappa shape index (κ3) is 3.07. The topological polar surface area (TPSA) is 77.2 Å². The standard InChI is InChI=1S/C11H13ClFNO3S/c1-11(2,3)10(15)6-4-9(18(14,16)17)7(12)5-8(6)13/h4-5H,1-3H3,(H2,14,16,17). The van der Waals surface area contributed by atoms with Crippen LogP contribution in [0.3, 0.4) is 0 Å². The first kappa shape index (κ1) is 15.1. The Morgan fingerprint density at radius 3 is 2.22 bits per heavy atom. The zero-order chi connectivity index (χ0) is 14.3. The molecule has 0 unspecified atom stereocenters. The molecule has 0 saturated carbocycles. The van der Waals surface area contributed by atoms with Crippen LogP contribution in [0.1, 0.15) is 31.1 Å². The first-order valence-corrected chi connectivity index (χ1v) is 6.93. The van der Waals surface area contributed by atoms with Gasteiger partial charge >= 0.3 is 0 Å². The lowest BCUT2D eigenvalue weighted by molar-refractivity contribution is 0.0853. The molecule has 0 saturated heterocycles. The van der Waals surface area contributed by atoms with Crippen molar-refractivity contribution in [3.8, 4) is 0 Å². The fourth-order valence-corrected chi connectivity index (χ4v) is 2.41. The van der Waals surface area contributed by atoms with Gasteiger partial charge < -0.3 is 0 Å². The van der Waals surface area contributed by atoms with E-state index < -0.39 is 31.9 Å². The van der Waals surface area contributed by atoms with Gasteiger partial charge in [0.25, 0.3) is 0 Å². The maximum atomic E-state index is 13.7. The Morgan fingerprint density at radius 1 is 1.33 bits per heavy atom. The number of nitrogens with two attached hydrogens (primary N) is 1. The summed E-state index contributed by atoms with van der Waals surface area (Å²) in [7, 11) is -4.10. The highest BCUT2D eigenvalue weighted by Crippen LogP contribution is 2.28. The van der Waals surface area contributed by atoms with Crippen molar-refractivity contribution < 1.29 is 17.6 Å². The van der Waals surface area contributed by atoms with Crippen LogP contribution in [0.15, 0.2) is 17.0 Å². The molecule has 0 aliphatic carbocycles. The quantitative estimate of drug-likeness (QED) is 0.850. The molecular weight excluding hydrogens is 281 g/mol. The van der Waals surface area contributed by atoms with Gasteiger partial charge in [0.2, 0.25) is 10.0 Å². The smallest absolute Gasteiger partial charge is 0.239 e. The van der Waals surface area contributed by atoms with Crippen LogP contribution in [-0.2, 0) is 10.0 Å². The number of hydrogen-bond acceptors (Lipinski definition) is 3. The number of carbonyl (C=O) groups excluding carboxylic acids is 1. The van der Waals surface area contributed by atoms with E-state index in [0.717, 1.165) is 12.1 Å². The average Bonchev–Trinajstić information content (AvgIpc) is 2.13. The van der Waals surface area contributed by atoms with Crippen molar-refractivity contribution in [1.29, 1.82) is 0 Å². The second-order valence-electron chi connectivity index (χ2n) is 4.89. The molecule has 7 heteroatoms. The zero-order valence-corrected chi connectivity index (χ0v) is 11.7. The molecule has 0 aliphatic rings. The molecule has 1 rings (SSSR count). The van der Waals surface area contributed by atoms with Gasteiger partial charge in [-0.1, -0.05) is 32.4 Å². The van der Waals surface area contributed by atoms with Crippen molar-refractivity contribution >= 4 is 27.4 Å². The van der Waals surface area contributed by atoms with Crippen molar-refractivity contribution in [2.45, 2.75) is 25.7 Å². The van der Waals surface area contributed by atoms with Crippen LogP contribution in [0.5, 0.6) is 0 Å². The van der Waals surface area contributed by atoms with Crippen LogP contribution < -0.4 is 5.14 Å². The molecule has 0 heterocycles. The number of primary sulfonamides is 1. The average molecular weight is 294 g/mol. The predicted octanol–water partition coefficient (Wildman–Crippen LogP) is 2.36. The highest BCUT2D eigenvalue weighted by atomic mass is 35.5. The Labute approximate surface area is 110 Å². The molecule has 0 aromatic heterocycles. The third-order valence-corrected chi connectivity index (χ3v) is 3.63. The van der Waals surface area contributed by atoms with Gasteiger partial charge in [0, 0.05) is 5.41 Å². The van der Waals surface area contributed by atoms with Crippen molar-refractivity contribution in [1.82, 2.24) is 0 Å². The lowest BCUT2D eigenvalue weighted by Crippen LogP contribution is -2.22. The molecule has 0 fully saturated rings. The molecule has 100 valence electrons. The van der Waals surface area contributed by atoms with Gasteiger partial charge in [0.05, 0.1) is 10.6 Å². The summed E-state index contributed by atoms with van der Waals surface area (Å²) in [5.74, 6) is -1.39. The second-order valence-corrected chi connectivity index (χ2v) is 6.82. The number of benzene rings is 1. The molecule has 1 aromatic rings. The fraction of sp³-hybridized carbons (Fsp3) is 0.364. The van der Waals surface area contributed by atoms with Gasteiger partial charge in [-0.05, 0) is 12.1 Å². The van der Waals surface area contributed by atoms with E-state index in [2.05, 4.69) is 0 Å². The van der Waals surface area contributed by atoms with Crippen molar-refractivity contribution in [3.05, 3.63) is 28.5 Å². The minimum Gasteiger partial charge on any atom is -0.293 e. The number of Topliss-reactive ketones (excluding diaryl/α,β-unsaturated/α-hetero) is 1. The maximum absolute atomic E-state index is 13.7. The largest absolute Gasteiger partial charge is 0.293 e. The Morgan fingerprint density at radius 2 is 1.83 bits per heavy atom. The van der Waals surface area contributed by atoms with E-state index in [4.69, 9.17) is 16.7 Å². The summed E-state index contributed by atoms with van der Waals surface area (Å²) in [6.07, 6.45) is 0. The minimum absolute atomic E-state index is 0.337. The summed E-state index contributed by atoms with van der Waals surface area (Å²) in [5.41, 5.74) is -1.18. The summed E-state index contributed by atoms with van der Waals surface area (Å²) in [5, 5.41) is 4.59. The van der Waals surface area contributed by atoms with Crippen molar-refractivity contribution in [3.63, 3.8) is 0 Å². The molecule has 2 N–H and O–H groups in total. The van der Waals surface area contributed by atoms with Crippen molar-refractivity contribution in [2.24, 2.45) is 10.6 Å². The van der Waals surface area contributed by atoms with E-state index >= 15 is 0 Å².